The van der Waals surface area contributed by atoms with E-state index in [9.17, 15) is 9.50 Å². The highest BCUT2D eigenvalue weighted by atomic mass is 19.1. The Kier molecular flexibility index (Phi) is 3.95. The Labute approximate surface area is 106 Å². The van der Waals surface area contributed by atoms with Crippen LogP contribution in [0.15, 0.2) is 48.5 Å². The van der Waals surface area contributed by atoms with Gasteiger partial charge in [0.2, 0.25) is 0 Å². The van der Waals surface area contributed by atoms with E-state index in [2.05, 4.69) is 0 Å². The third kappa shape index (κ3) is 3.08. The lowest BCUT2D eigenvalue weighted by Crippen LogP contribution is -2.01. The summed E-state index contributed by atoms with van der Waals surface area (Å²) >= 11 is 0. The summed E-state index contributed by atoms with van der Waals surface area (Å²) in [6, 6.07) is 13.4. The summed E-state index contributed by atoms with van der Waals surface area (Å²) in [5.41, 5.74) is 1.72. The molecule has 0 heterocycles. The zero-order chi connectivity index (χ0) is 13.0. The van der Waals surface area contributed by atoms with E-state index in [0.717, 1.165) is 16.9 Å². The van der Waals surface area contributed by atoms with Crippen LogP contribution in [0, 0.1) is 5.82 Å². The second kappa shape index (κ2) is 5.65. The molecule has 0 saturated heterocycles. The van der Waals surface area contributed by atoms with E-state index in [1.54, 1.807) is 19.2 Å². The van der Waals surface area contributed by atoms with Crippen molar-refractivity contribution in [2.45, 2.75) is 12.5 Å². The first-order chi connectivity index (χ1) is 8.69. The number of ether oxygens (including phenoxy) is 1. The van der Waals surface area contributed by atoms with Crippen molar-refractivity contribution in [3.63, 3.8) is 0 Å². The highest BCUT2D eigenvalue weighted by Gasteiger charge is 2.08. The monoisotopic (exact) mass is 246 g/mol. The lowest BCUT2D eigenvalue weighted by Gasteiger charge is -2.11. The molecular formula is C15H15FO2. The first kappa shape index (κ1) is 12.6. The van der Waals surface area contributed by atoms with Gasteiger partial charge in [0.05, 0.1) is 13.2 Å². The third-order valence-electron chi connectivity index (χ3n) is 2.84. The minimum atomic E-state index is -0.596. The number of aliphatic hydroxyl groups excluding tert-OH is 1. The molecule has 2 aromatic carbocycles. The average Bonchev–Trinajstić information content (AvgIpc) is 2.41. The molecule has 2 nitrogen and oxygen atoms in total. The van der Waals surface area contributed by atoms with Crippen LogP contribution in [0.3, 0.4) is 0 Å². The van der Waals surface area contributed by atoms with Crippen LogP contribution in [0.25, 0.3) is 0 Å². The second-order valence-corrected chi connectivity index (χ2v) is 4.12. The standard InChI is InChI=1S/C15H15FO2/c1-18-14-8-4-12(5-9-14)15(17)10-11-2-6-13(16)7-3-11/h2-9,15,17H,10H2,1H3. The Morgan fingerprint density at radius 1 is 1.06 bits per heavy atom. The van der Waals surface area contributed by atoms with Crippen LogP contribution in [0.5, 0.6) is 5.75 Å². The van der Waals surface area contributed by atoms with Gasteiger partial charge in [-0.15, -0.1) is 0 Å². The van der Waals surface area contributed by atoms with Gasteiger partial charge in [-0.05, 0) is 35.4 Å². The van der Waals surface area contributed by atoms with Gasteiger partial charge in [0.1, 0.15) is 11.6 Å². The normalized spacial score (nSPS) is 12.2. The van der Waals surface area contributed by atoms with Crippen molar-refractivity contribution in [2.24, 2.45) is 0 Å². The number of rotatable bonds is 4. The van der Waals surface area contributed by atoms with Crippen molar-refractivity contribution in [2.75, 3.05) is 7.11 Å². The fourth-order valence-electron chi connectivity index (χ4n) is 1.79. The molecule has 0 saturated carbocycles. The minimum Gasteiger partial charge on any atom is -0.497 e. The van der Waals surface area contributed by atoms with Crippen LogP contribution in [0.1, 0.15) is 17.2 Å². The van der Waals surface area contributed by atoms with Crippen LogP contribution in [0.2, 0.25) is 0 Å². The van der Waals surface area contributed by atoms with Crippen molar-refractivity contribution in [3.8, 4) is 5.75 Å². The van der Waals surface area contributed by atoms with E-state index in [0.29, 0.717) is 6.42 Å². The first-order valence-corrected chi connectivity index (χ1v) is 5.75. The zero-order valence-corrected chi connectivity index (χ0v) is 10.1. The predicted molar refractivity (Wildman–Crippen MR) is 68.1 cm³/mol. The van der Waals surface area contributed by atoms with Crippen LogP contribution in [-0.4, -0.2) is 12.2 Å². The zero-order valence-electron chi connectivity index (χ0n) is 10.1. The molecule has 2 rings (SSSR count). The molecule has 1 atom stereocenters. The molecule has 0 bridgehead atoms. The number of hydrogen-bond acceptors (Lipinski definition) is 2. The molecule has 0 fully saturated rings. The van der Waals surface area contributed by atoms with E-state index in [1.807, 2.05) is 24.3 Å². The van der Waals surface area contributed by atoms with Crippen LogP contribution in [-0.2, 0) is 6.42 Å². The van der Waals surface area contributed by atoms with E-state index in [1.165, 1.54) is 12.1 Å². The van der Waals surface area contributed by atoms with E-state index in [-0.39, 0.29) is 5.82 Å². The Hall–Kier alpha value is -1.87. The van der Waals surface area contributed by atoms with E-state index < -0.39 is 6.10 Å². The van der Waals surface area contributed by atoms with Gasteiger partial charge < -0.3 is 9.84 Å². The van der Waals surface area contributed by atoms with Gasteiger partial charge in [-0.25, -0.2) is 4.39 Å². The predicted octanol–water partition coefficient (Wildman–Crippen LogP) is 3.11. The summed E-state index contributed by atoms with van der Waals surface area (Å²) in [6.45, 7) is 0. The number of aliphatic hydroxyl groups is 1. The molecule has 0 aliphatic carbocycles. The van der Waals surface area contributed by atoms with Crippen LogP contribution >= 0.6 is 0 Å². The summed E-state index contributed by atoms with van der Waals surface area (Å²) in [6.07, 6.45) is -0.131. The lowest BCUT2D eigenvalue weighted by atomic mass is 10.0. The van der Waals surface area contributed by atoms with Gasteiger partial charge in [-0.1, -0.05) is 24.3 Å². The number of methoxy groups -OCH3 is 1. The van der Waals surface area contributed by atoms with Crippen molar-refractivity contribution in [1.82, 2.24) is 0 Å². The molecule has 0 radical (unpaired) electrons. The molecule has 0 spiro atoms. The van der Waals surface area contributed by atoms with Gasteiger partial charge in [0.15, 0.2) is 0 Å². The summed E-state index contributed by atoms with van der Waals surface area (Å²) in [5.74, 6) is 0.491. The molecule has 3 heteroatoms. The molecule has 2 aromatic rings. The quantitative estimate of drug-likeness (QED) is 0.898. The highest BCUT2D eigenvalue weighted by Crippen LogP contribution is 2.21. The average molecular weight is 246 g/mol. The number of halogens is 1. The molecule has 1 unspecified atom stereocenters. The molecule has 18 heavy (non-hydrogen) atoms. The lowest BCUT2D eigenvalue weighted by molar-refractivity contribution is 0.178. The van der Waals surface area contributed by atoms with E-state index >= 15 is 0 Å². The second-order valence-electron chi connectivity index (χ2n) is 4.12. The molecule has 1 N–H and O–H groups in total. The van der Waals surface area contributed by atoms with Crippen molar-refractivity contribution < 1.29 is 14.2 Å². The maximum Gasteiger partial charge on any atom is 0.123 e. The molecule has 0 amide bonds. The van der Waals surface area contributed by atoms with Gasteiger partial charge in [0.25, 0.3) is 0 Å². The summed E-state index contributed by atoms with van der Waals surface area (Å²) in [7, 11) is 1.60. The fraction of sp³-hybridized carbons (Fsp3) is 0.200. The van der Waals surface area contributed by atoms with Gasteiger partial charge >= 0.3 is 0 Å². The molecule has 0 aliphatic heterocycles. The Bertz CT molecular complexity index is 491. The molecule has 0 aromatic heterocycles. The van der Waals surface area contributed by atoms with Crippen molar-refractivity contribution >= 4 is 0 Å². The summed E-state index contributed by atoms with van der Waals surface area (Å²) in [5, 5.41) is 10.1. The fourth-order valence-corrected chi connectivity index (χ4v) is 1.79. The topological polar surface area (TPSA) is 29.5 Å². The minimum absolute atomic E-state index is 0.266. The smallest absolute Gasteiger partial charge is 0.123 e. The van der Waals surface area contributed by atoms with Crippen LogP contribution < -0.4 is 4.74 Å². The van der Waals surface area contributed by atoms with Gasteiger partial charge in [0, 0.05) is 6.42 Å². The van der Waals surface area contributed by atoms with Gasteiger partial charge in [-0.3, -0.25) is 0 Å². The molecular weight excluding hydrogens is 231 g/mol. The van der Waals surface area contributed by atoms with Gasteiger partial charge in [-0.2, -0.15) is 0 Å². The SMILES string of the molecule is COc1ccc(C(O)Cc2ccc(F)cc2)cc1. The Morgan fingerprint density at radius 2 is 1.67 bits per heavy atom. The van der Waals surface area contributed by atoms with Crippen molar-refractivity contribution in [1.29, 1.82) is 0 Å². The molecule has 94 valence electrons. The molecule has 0 aliphatic rings. The van der Waals surface area contributed by atoms with Crippen LogP contribution in [0.4, 0.5) is 4.39 Å². The first-order valence-electron chi connectivity index (χ1n) is 5.75. The maximum atomic E-state index is 12.8. The van der Waals surface area contributed by atoms with Crippen molar-refractivity contribution in [3.05, 3.63) is 65.5 Å². The maximum absolute atomic E-state index is 12.8. The third-order valence-corrected chi connectivity index (χ3v) is 2.84. The number of hydrogen-bond donors (Lipinski definition) is 1. The van der Waals surface area contributed by atoms with E-state index in [4.69, 9.17) is 4.74 Å². The summed E-state index contributed by atoms with van der Waals surface area (Å²) in [4.78, 5) is 0. The largest absolute Gasteiger partial charge is 0.497 e. The highest BCUT2D eigenvalue weighted by molar-refractivity contribution is 5.29. The summed E-state index contributed by atoms with van der Waals surface area (Å²) < 4.78 is 17.8. The number of benzene rings is 2. The Balaban J connectivity index is 2.06. The Morgan fingerprint density at radius 3 is 2.22 bits per heavy atom.